The first-order valence-corrected chi connectivity index (χ1v) is 9.31. The molecule has 0 aliphatic carbocycles. The first-order chi connectivity index (χ1) is 13.9. The van der Waals surface area contributed by atoms with Gasteiger partial charge in [0, 0.05) is 25.0 Å². The van der Waals surface area contributed by atoms with Crippen LogP contribution in [0, 0.1) is 17.5 Å². The number of morpholine rings is 1. The second-order valence-corrected chi connectivity index (χ2v) is 7.48. The third-order valence-electron chi connectivity index (χ3n) is 5.44. The lowest BCUT2D eigenvalue weighted by atomic mass is 9.76. The number of carbonyl (C=O) groups excluding carboxylic acids is 1. The molecule has 2 aromatic carbocycles. The fourth-order valence-corrected chi connectivity index (χ4v) is 4.26. The van der Waals surface area contributed by atoms with Crippen molar-refractivity contribution in [3.05, 3.63) is 71.0 Å². The molecular weight excluding hydrogens is 387 g/mol. The smallest absolute Gasteiger partial charge is 0.410 e. The molecule has 29 heavy (non-hydrogen) atoms. The predicted molar refractivity (Wildman–Crippen MR) is 96.3 cm³/mol. The van der Waals surface area contributed by atoms with Gasteiger partial charge in [0.15, 0.2) is 0 Å². The number of benzene rings is 2. The van der Waals surface area contributed by atoms with Gasteiger partial charge in [0.05, 0.1) is 36.5 Å². The molecule has 8 heteroatoms. The van der Waals surface area contributed by atoms with Gasteiger partial charge in [-0.15, -0.1) is 0 Å². The Morgan fingerprint density at radius 1 is 1.10 bits per heavy atom. The number of amides is 1. The fraction of sp³-hybridized carbons (Fsp3) is 0.381. The van der Waals surface area contributed by atoms with Crippen molar-refractivity contribution in [2.45, 2.75) is 37.1 Å². The summed E-state index contributed by atoms with van der Waals surface area (Å²) in [4.78, 5) is 14.2. The van der Waals surface area contributed by atoms with Gasteiger partial charge in [-0.25, -0.2) is 18.0 Å². The molecule has 2 aliphatic rings. The Morgan fingerprint density at radius 3 is 2.28 bits per heavy atom. The Labute approximate surface area is 165 Å². The van der Waals surface area contributed by atoms with Gasteiger partial charge in [-0.05, 0) is 5.56 Å². The first-order valence-electron chi connectivity index (χ1n) is 9.31. The van der Waals surface area contributed by atoms with E-state index in [1.165, 1.54) is 4.90 Å². The maximum Gasteiger partial charge on any atom is 0.410 e. The van der Waals surface area contributed by atoms with E-state index >= 15 is 0 Å². The van der Waals surface area contributed by atoms with Gasteiger partial charge in [-0.2, -0.15) is 0 Å². The molecule has 1 N–H and O–H groups in total. The van der Waals surface area contributed by atoms with Crippen molar-refractivity contribution in [2.75, 3.05) is 13.2 Å². The lowest BCUT2D eigenvalue weighted by molar-refractivity contribution is -0.138. The van der Waals surface area contributed by atoms with E-state index in [0.717, 1.165) is 5.56 Å². The minimum Gasteiger partial charge on any atom is -0.445 e. The van der Waals surface area contributed by atoms with Gasteiger partial charge < -0.3 is 14.6 Å². The fourth-order valence-electron chi connectivity index (χ4n) is 4.26. The lowest BCUT2D eigenvalue weighted by Gasteiger charge is -2.50. The number of carbonyl (C=O) groups is 1. The summed E-state index contributed by atoms with van der Waals surface area (Å²) < 4.78 is 52.8. The molecule has 2 aliphatic heterocycles. The van der Waals surface area contributed by atoms with Crippen molar-refractivity contribution in [2.24, 2.45) is 0 Å². The molecule has 0 radical (unpaired) electrons. The van der Waals surface area contributed by atoms with Crippen molar-refractivity contribution in [1.29, 1.82) is 0 Å². The second kappa shape index (κ2) is 7.68. The van der Waals surface area contributed by atoms with Gasteiger partial charge >= 0.3 is 6.09 Å². The Kier molecular flexibility index (Phi) is 5.23. The van der Waals surface area contributed by atoms with Crippen molar-refractivity contribution in [3.63, 3.8) is 0 Å². The first kappa shape index (κ1) is 19.7. The highest BCUT2D eigenvalue weighted by Crippen LogP contribution is 2.43. The van der Waals surface area contributed by atoms with Gasteiger partial charge in [-0.3, -0.25) is 4.90 Å². The molecule has 0 saturated carbocycles. The minimum absolute atomic E-state index is 0.0853. The van der Waals surface area contributed by atoms with Crippen LogP contribution in [0.3, 0.4) is 0 Å². The average Bonchev–Trinajstić information content (AvgIpc) is 2.65. The van der Waals surface area contributed by atoms with E-state index in [2.05, 4.69) is 0 Å². The zero-order valence-electron chi connectivity index (χ0n) is 15.5. The van der Waals surface area contributed by atoms with Crippen molar-refractivity contribution in [1.82, 2.24) is 4.90 Å². The van der Waals surface area contributed by atoms with E-state index in [-0.39, 0.29) is 32.7 Å². The molecule has 5 nitrogen and oxygen atoms in total. The second-order valence-electron chi connectivity index (χ2n) is 7.48. The summed E-state index contributed by atoms with van der Waals surface area (Å²) in [6.07, 6.45) is -0.874. The van der Waals surface area contributed by atoms with E-state index in [1.807, 2.05) is 30.3 Å². The van der Waals surface area contributed by atoms with Crippen LogP contribution in [0.2, 0.25) is 0 Å². The maximum absolute atomic E-state index is 14.3. The van der Waals surface area contributed by atoms with Gasteiger partial charge in [0.1, 0.15) is 24.1 Å². The monoisotopic (exact) mass is 407 g/mol. The molecule has 2 aromatic rings. The Hall–Kier alpha value is -2.58. The van der Waals surface area contributed by atoms with Crippen LogP contribution in [0.15, 0.2) is 42.5 Å². The molecule has 2 unspecified atom stereocenters. The normalized spacial score (nSPS) is 26.3. The number of nitrogens with zero attached hydrogens (tertiary/aromatic N) is 1. The van der Waals surface area contributed by atoms with Gasteiger partial charge in [-0.1, -0.05) is 30.3 Å². The van der Waals surface area contributed by atoms with E-state index < -0.39 is 46.8 Å². The summed E-state index contributed by atoms with van der Waals surface area (Å²) in [7, 11) is 0. The van der Waals surface area contributed by atoms with Gasteiger partial charge in [0.2, 0.25) is 0 Å². The Balaban J connectivity index is 1.54. The number of halogens is 3. The lowest BCUT2D eigenvalue weighted by Crippen LogP contribution is -2.62. The number of aliphatic hydroxyl groups is 1. The summed E-state index contributed by atoms with van der Waals surface area (Å²) in [6, 6.07) is 9.01. The highest BCUT2D eigenvalue weighted by atomic mass is 19.1. The minimum atomic E-state index is -1.88. The molecule has 1 amide bonds. The van der Waals surface area contributed by atoms with E-state index in [9.17, 15) is 23.1 Å². The van der Waals surface area contributed by atoms with Crippen LogP contribution in [0.1, 0.15) is 24.0 Å². The SMILES string of the molecule is O=C(OCc1ccccc1)N1C2COCC1CC(O)(c1c(F)cc(F)cc1F)C2. The maximum atomic E-state index is 14.3. The zero-order valence-corrected chi connectivity index (χ0v) is 15.5. The summed E-state index contributed by atoms with van der Waals surface area (Å²) in [6.45, 7) is 0.287. The van der Waals surface area contributed by atoms with Crippen molar-refractivity contribution >= 4 is 6.09 Å². The summed E-state index contributed by atoms with van der Waals surface area (Å²) in [5, 5.41) is 11.1. The Bertz CT molecular complexity index is 871. The number of hydrogen-bond acceptors (Lipinski definition) is 4. The van der Waals surface area contributed by atoms with Crippen molar-refractivity contribution in [3.8, 4) is 0 Å². The van der Waals surface area contributed by atoms with E-state index in [1.54, 1.807) is 0 Å². The average molecular weight is 407 g/mol. The summed E-state index contributed by atoms with van der Waals surface area (Å²) >= 11 is 0. The summed E-state index contributed by atoms with van der Waals surface area (Å²) in [5.74, 6) is -3.36. The number of ether oxygens (including phenoxy) is 2. The van der Waals surface area contributed by atoms with Crippen molar-refractivity contribution < 1.29 is 32.5 Å². The molecule has 0 aromatic heterocycles. The number of fused-ring (bicyclic) bond motifs is 2. The van der Waals surface area contributed by atoms with Crippen LogP contribution in [0.4, 0.5) is 18.0 Å². The summed E-state index contributed by atoms with van der Waals surface area (Å²) in [5.41, 5.74) is -1.63. The molecule has 4 rings (SSSR count). The van der Waals surface area contributed by atoms with E-state index in [0.29, 0.717) is 12.1 Å². The van der Waals surface area contributed by atoms with E-state index in [4.69, 9.17) is 9.47 Å². The van der Waals surface area contributed by atoms with Crippen LogP contribution >= 0.6 is 0 Å². The molecular formula is C21H20F3NO4. The number of hydrogen-bond donors (Lipinski definition) is 1. The highest BCUT2D eigenvalue weighted by Gasteiger charge is 2.51. The van der Waals surface area contributed by atoms with Crippen LogP contribution in [0.5, 0.6) is 0 Å². The topological polar surface area (TPSA) is 59.0 Å². The molecule has 2 fully saturated rings. The van der Waals surface area contributed by atoms with Crippen LogP contribution < -0.4 is 0 Å². The quantitative estimate of drug-likeness (QED) is 0.846. The van der Waals surface area contributed by atoms with Crippen LogP contribution in [-0.2, 0) is 21.7 Å². The standard InChI is InChI=1S/C21H20F3NO4/c22-14-6-17(23)19(18(24)7-14)21(27)8-15-11-28-12-16(9-21)25(15)20(26)29-10-13-4-2-1-3-5-13/h1-7,15-16,27H,8-12H2. The Morgan fingerprint density at radius 2 is 1.69 bits per heavy atom. The highest BCUT2D eigenvalue weighted by molar-refractivity contribution is 5.69. The molecule has 154 valence electrons. The largest absolute Gasteiger partial charge is 0.445 e. The number of rotatable bonds is 3. The number of piperidine rings is 1. The molecule has 2 heterocycles. The predicted octanol–water partition coefficient (Wildman–Crippen LogP) is 3.49. The molecule has 2 atom stereocenters. The zero-order chi connectivity index (χ0) is 20.6. The molecule has 2 saturated heterocycles. The third kappa shape index (κ3) is 3.82. The molecule has 0 spiro atoms. The molecule has 2 bridgehead atoms. The van der Waals surface area contributed by atoms with Crippen LogP contribution in [-0.4, -0.2) is 41.4 Å². The van der Waals surface area contributed by atoms with Crippen LogP contribution in [0.25, 0.3) is 0 Å². The third-order valence-corrected chi connectivity index (χ3v) is 5.44. The van der Waals surface area contributed by atoms with Gasteiger partial charge in [0.25, 0.3) is 0 Å².